The molecule has 1 aromatic heterocycles. The Morgan fingerprint density at radius 3 is 2.67 bits per heavy atom. The molecule has 0 fully saturated rings. The quantitative estimate of drug-likeness (QED) is 0.865. The maximum Gasteiger partial charge on any atom is 0.139 e. The zero-order valence-corrected chi connectivity index (χ0v) is 8.85. The first-order valence-electron chi connectivity index (χ1n) is 4.69. The number of benzene rings is 1. The van der Waals surface area contributed by atoms with E-state index in [4.69, 9.17) is 16.7 Å². The molecule has 0 aliphatic carbocycles. The van der Waals surface area contributed by atoms with E-state index in [1.54, 1.807) is 6.20 Å². The summed E-state index contributed by atoms with van der Waals surface area (Å²) < 4.78 is 1.91. The molecule has 2 aromatic rings. The van der Waals surface area contributed by atoms with E-state index in [1.807, 2.05) is 35.0 Å². The van der Waals surface area contributed by atoms with Crippen molar-refractivity contribution < 1.29 is 5.11 Å². The van der Waals surface area contributed by atoms with Gasteiger partial charge >= 0.3 is 0 Å². The summed E-state index contributed by atoms with van der Waals surface area (Å²) in [5.41, 5.74) is 0.998. The van der Waals surface area contributed by atoms with E-state index >= 15 is 0 Å². The van der Waals surface area contributed by atoms with Gasteiger partial charge in [0, 0.05) is 29.5 Å². The van der Waals surface area contributed by atoms with Crippen molar-refractivity contribution in [2.75, 3.05) is 6.61 Å². The van der Waals surface area contributed by atoms with Crippen LogP contribution in [0.3, 0.4) is 0 Å². The van der Waals surface area contributed by atoms with Crippen molar-refractivity contribution in [3.05, 3.63) is 41.7 Å². The molecule has 0 atom stereocenters. The van der Waals surface area contributed by atoms with E-state index in [0.717, 1.165) is 11.4 Å². The topological polar surface area (TPSA) is 38.0 Å². The van der Waals surface area contributed by atoms with Crippen molar-refractivity contribution in [2.45, 2.75) is 6.54 Å². The number of aliphatic hydroxyl groups excluding tert-OH is 1. The summed E-state index contributed by atoms with van der Waals surface area (Å²) in [6, 6.07) is 7.49. The highest BCUT2D eigenvalue weighted by molar-refractivity contribution is 6.30. The van der Waals surface area contributed by atoms with Crippen molar-refractivity contribution in [3.8, 4) is 11.4 Å². The van der Waals surface area contributed by atoms with Gasteiger partial charge in [0.25, 0.3) is 0 Å². The summed E-state index contributed by atoms with van der Waals surface area (Å²) in [5.74, 6) is 0.848. The van der Waals surface area contributed by atoms with Crippen LogP contribution in [0, 0.1) is 0 Å². The Bertz CT molecular complexity index is 436. The second kappa shape index (κ2) is 4.47. The van der Waals surface area contributed by atoms with Crippen molar-refractivity contribution in [1.82, 2.24) is 9.55 Å². The lowest BCUT2D eigenvalue weighted by Crippen LogP contribution is -2.02. The second-order valence-electron chi connectivity index (χ2n) is 3.17. The highest BCUT2D eigenvalue weighted by Gasteiger charge is 2.04. The second-order valence-corrected chi connectivity index (χ2v) is 3.61. The lowest BCUT2D eigenvalue weighted by atomic mass is 10.2. The van der Waals surface area contributed by atoms with Gasteiger partial charge in [0.15, 0.2) is 0 Å². The standard InChI is InChI=1S/C11H11ClN2O/c12-10-3-1-9(2-4-10)11-13-5-6-14(11)7-8-15/h1-6,15H,7-8H2. The highest BCUT2D eigenvalue weighted by Crippen LogP contribution is 2.19. The van der Waals surface area contributed by atoms with Gasteiger partial charge in [-0.1, -0.05) is 11.6 Å². The number of imidazole rings is 1. The SMILES string of the molecule is OCCn1ccnc1-c1ccc(Cl)cc1. The van der Waals surface area contributed by atoms with Gasteiger partial charge in [-0.3, -0.25) is 0 Å². The largest absolute Gasteiger partial charge is 0.395 e. The van der Waals surface area contributed by atoms with Gasteiger partial charge in [-0.25, -0.2) is 4.98 Å². The van der Waals surface area contributed by atoms with Crippen LogP contribution in [-0.2, 0) is 6.54 Å². The van der Waals surface area contributed by atoms with Crippen LogP contribution in [0.25, 0.3) is 11.4 Å². The van der Waals surface area contributed by atoms with Crippen LogP contribution in [0.15, 0.2) is 36.7 Å². The van der Waals surface area contributed by atoms with Gasteiger partial charge in [0.05, 0.1) is 6.61 Å². The molecule has 0 saturated carbocycles. The number of aliphatic hydroxyl groups is 1. The Labute approximate surface area is 93.0 Å². The summed E-state index contributed by atoms with van der Waals surface area (Å²) in [6.07, 6.45) is 3.57. The van der Waals surface area contributed by atoms with E-state index < -0.39 is 0 Å². The van der Waals surface area contributed by atoms with E-state index in [1.165, 1.54) is 0 Å². The third-order valence-electron chi connectivity index (χ3n) is 2.16. The Kier molecular flexibility index (Phi) is 3.04. The molecule has 15 heavy (non-hydrogen) atoms. The molecular formula is C11H11ClN2O. The number of nitrogens with zero attached hydrogens (tertiary/aromatic N) is 2. The van der Waals surface area contributed by atoms with Gasteiger partial charge in [-0.2, -0.15) is 0 Å². The van der Waals surface area contributed by atoms with Crippen LogP contribution in [0.1, 0.15) is 0 Å². The van der Waals surface area contributed by atoms with Gasteiger partial charge in [-0.15, -0.1) is 0 Å². The molecule has 0 spiro atoms. The normalized spacial score (nSPS) is 10.5. The van der Waals surface area contributed by atoms with Crippen LogP contribution in [0.2, 0.25) is 5.02 Å². The van der Waals surface area contributed by atoms with E-state index in [-0.39, 0.29) is 6.61 Å². The summed E-state index contributed by atoms with van der Waals surface area (Å²) in [7, 11) is 0. The molecule has 1 heterocycles. The summed E-state index contributed by atoms with van der Waals surface area (Å²) in [6.45, 7) is 0.662. The predicted octanol–water partition coefficient (Wildman–Crippen LogP) is 2.20. The molecule has 0 aliphatic heterocycles. The third-order valence-corrected chi connectivity index (χ3v) is 2.41. The summed E-state index contributed by atoms with van der Waals surface area (Å²) >= 11 is 5.81. The Morgan fingerprint density at radius 2 is 2.00 bits per heavy atom. The maximum atomic E-state index is 8.88. The summed E-state index contributed by atoms with van der Waals surface area (Å²) in [4.78, 5) is 4.24. The van der Waals surface area contributed by atoms with Crippen molar-refractivity contribution in [3.63, 3.8) is 0 Å². The minimum atomic E-state index is 0.108. The fraction of sp³-hybridized carbons (Fsp3) is 0.182. The number of halogens is 1. The monoisotopic (exact) mass is 222 g/mol. The molecule has 1 N–H and O–H groups in total. The molecule has 0 bridgehead atoms. The molecule has 3 nitrogen and oxygen atoms in total. The van der Waals surface area contributed by atoms with Crippen molar-refractivity contribution >= 4 is 11.6 Å². The zero-order chi connectivity index (χ0) is 10.7. The van der Waals surface area contributed by atoms with E-state index in [0.29, 0.717) is 11.6 Å². The van der Waals surface area contributed by atoms with Crippen LogP contribution in [-0.4, -0.2) is 21.3 Å². The molecule has 0 saturated heterocycles. The Morgan fingerprint density at radius 1 is 1.27 bits per heavy atom. The first kappa shape index (κ1) is 10.2. The van der Waals surface area contributed by atoms with Crippen LogP contribution < -0.4 is 0 Å². The molecule has 0 aliphatic rings. The van der Waals surface area contributed by atoms with E-state index in [9.17, 15) is 0 Å². The van der Waals surface area contributed by atoms with Crippen LogP contribution in [0.4, 0.5) is 0 Å². The molecule has 78 valence electrons. The zero-order valence-electron chi connectivity index (χ0n) is 8.10. The van der Waals surface area contributed by atoms with Gasteiger partial charge in [0.1, 0.15) is 5.82 Å². The third kappa shape index (κ3) is 2.19. The Hall–Kier alpha value is -1.32. The predicted molar refractivity (Wildman–Crippen MR) is 59.8 cm³/mol. The molecule has 0 radical (unpaired) electrons. The number of hydrogen-bond donors (Lipinski definition) is 1. The van der Waals surface area contributed by atoms with Crippen LogP contribution in [0.5, 0.6) is 0 Å². The summed E-state index contributed by atoms with van der Waals surface area (Å²) in [5, 5.41) is 9.59. The molecule has 2 rings (SSSR count). The lowest BCUT2D eigenvalue weighted by Gasteiger charge is -2.05. The molecular weight excluding hydrogens is 212 g/mol. The lowest BCUT2D eigenvalue weighted by molar-refractivity contribution is 0.276. The van der Waals surface area contributed by atoms with Crippen LogP contribution >= 0.6 is 11.6 Å². The average Bonchev–Trinajstić information content (AvgIpc) is 2.68. The number of hydrogen-bond acceptors (Lipinski definition) is 2. The van der Waals surface area contributed by atoms with E-state index in [2.05, 4.69) is 4.98 Å². The average molecular weight is 223 g/mol. The first-order chi connectivity index (χ1) is 7.31. The van der Waals surface area contributed by atoms with Crippen molar-refractivity contribution in [2.24, 2.45) is 0 Å². The van der Waals surface area contributed by atoms with Gasteiger partial charge < -0.3 is 9.67 Å². The first-order valence-corrected chi connectivity index (χ1v) is 5.07. The molecule has 1 aromatic carbocycles. The minimum Gasteiger partial charge on any atom is -0.395 e. The number of rotatable bonds is 3. The minimum absolute atomic E-state index is 0.108. The Balaban J connectivity index is 2.36. The number of aromatic nitrogens is 2. The molecule has 4 heteroatoms. The van der Waals surface area contributed by atoms with Gasteiger partial charge in [0.2, 0.25) is 0 Å². The van der Waals surface area contributed by atoms with Gasteiger partial charge in [-0.05, 0) is 24.3 Å². The highest BCUT2D eigenvalue weighted by atomic mass is 35.5. The molecule has 0 amide bonds. The van der Waals surface area contributed by atoms with Crippen molar-refractivity contribution in [1.29, 1.82) is 0 Å². The molecule has 0 unspecified atom stereocenters. The fourth-order valence-electron chi connectivity index (χ4n) is 1.46. The smallest absolute Gasteiger partial charge is 0.139 e. The maximum absolute atomic E-state index is 8.88. The fourth-order valence-corrected chi connectivity index (χ4v) is 1.58.